The zero-order chi connectivity index (χ0) is 17.0. The minimum Gasteiger partial charge on any atom is -0.454 e. The van der Waals surface area contributed by atoms with Crippen LogP contribution in [0.15, 0.2) is 30.4 Å². The van der Waals surface area contributed by atoms with E-state index in [1.54, 1.807) is 25.1 Å². The second-order valence-corrected chi connectivity index (χ2v) is 7.22. The molecule has 2 rings (SSSR count). The Balaban J connectivity index is 2.18. The number of sulfonamides is 1. The molecule has 0 N–H and O–H groups in total. The summed E-state index contributed by atoms with van der Waals surface area (Å²) in [5, 5.41) is 0. The molecule has 1 aliphatic heterocycles. The largest absolute Gasteiger partial charge is 0.454 e. The number of carbonyl (C=O) groups is 2. The molecule has 23 heavy (non-hydrogen) atoms. The van der Waals surface area contributed by atoms with Gasteiger partial charge in [-0.25, -0.2) is 13.2 Å². The van der Waals surface area contributed by atoms with Crippen molar-refractivity contribution in [2.45, 2.75) is 19.8 Å². The molecule has 7 heteroatoms. The van der Waals surface area contributed by atoms with Crippen LogP contribution in [0.3, 0.4) is 0 Å². The van der Waals surface area contributed by atoms with E-state index in [0.29, 0.717) is 30.6 Å². The van der Waals surface area contributed by atoms with Crippen molar-refractivity contribution >= 4 is 27.5 Å². The second-order valence-electron chi connectivity index (χ2n) is 5.31. The summed E-state index contributed by atoms with van der Waals surface area (Å²) < 4.78 is 29.8. The number of aryl methyl sites for hydroxylation is 1. The molecular weight excluding hydrogens is 318 g/mol. The topological polar surface area (TPSA) is 80.8 Å². The Morgan fingerprint density at radius 2 is 2.09 bits per heavy atom. The Morgan fingerprint density at radius 1 is 1.35 bits per heavy atom. The highest BCUT2D eigenvalue weighted by molar-refractivity contribution is 7.92. The molecule has 0 aliphatic carbocycles. The zero-order valence-corrected chi connectivity index (χ0v) is 13.9. The molecule has 1 aromatic carbocycles. The van der Waals surface area contributed by atoms with Crippen LogP contribution >= 0.6 is 0 Å². The van der Waals surface area contributed by atoms with Gasteiger partial charge in [0.05, 0.1) is 11.9 Å². The van der Waals surface area contributed by atoms with Crippen molar-refractivity contribution in [1.82, 2.24) is 0 Å². The quantitative estimate of drug-likeness (QED) is 0.464. The minimum absolute atomic E-state index is 0.317. The number of benzene rings is 1. The Morgan fingerprint density at radius 3 is 2.74 bits per heavy atom. The number of fused-ring (bicyclic) bond motifs is 1. The third kappa shape index (κ3) is 4.19. The van der Waals surface area contributed by atoms with Crippen LogP contribution in [0, 0.1) is 0 Å². The molecule has 0 fully saturated rings. The van der Waals surface area contributed by atoms with Crippen molar-refractivity contribution in [2.75, 3.05) is 23.7 Å². The van der Waals surface area contributed by atoms with E-state index in [1.807, 2.05) is 0 Å². The van der Waals surface area contributed by atoms with Gasteiger partial charge in [-0.2, -0.15) is 0 Å². The van der Waals surface area contributed by atoms with E-state index in [4.69, 9.17) is 4.74 Å². The molecular formula is C16H19NO5S. The highest BCUT2D eigenvalue weighted by Crippen LogP contribution is 2.29. The highest BCUT2D eigenvalue weighted by atomic mass is 32.2. The maximum absolute atomic E-state index is 12.1. The van der Waals surface area contributed by atoms with E-state index in [1.165, 1.54) is 22.7 Å². The third-order valence-electron chi connectivity index (χ3n) is 3.53. The summed E-state index contributed by atoms with van der Waals surface area (Å²) in [6, 6.07) is 4.88. The standard InChI is InChI=1S/C16H19NO5S/c1-3-5-16(19)22-11-15(18)13-7-8-14-12(10-13)6-4-9-17(14)23(2,20)21/h3,5,7-8,10H,4,6,9,11H2,1-2H3/b5-3+. The first kappa shape index (κ1) is 17.2. The van der Waals surface area contributed by atoms with Gasteiger partial charge in [0, 0.05) is 18.2 Å². The van der Waals surface area contributed by atoms with E-state index >= 15 is 0 Å². The smallest absolute Gasteiger partial charge is 0.330 e. The minimum atomic E-state index is -3.33. The molecule has 0 amide bonds. The fourth-order valence-electron chi connectivity index (χ4n) is 2.48. The maximum Gasteiger partial charge on any atom is 0.330 e. The van der Waals surface area contributed by atoms with E-state index in [-0.39, 0.29) is 12.4 Å². The molecule has 6 nitrogen and oxygen atoms in total. The lowest BCUT2D eigenvalue weighted by molar-refractivity contribution is -0.136. The predicted molar refractivity (Wildman–Crippen MR) is 87.1 cm³/mol. The summed E-state index contributed by atoms with van der Waals surface area (Å²) >= 11 is 0. The monoisotopic (exact) mass is 337 g/mol. The van der Waals surface area contributed by atoms with E-state index in [0.717, 1.165) is 5.56 Å². The van der Waals surface area contributed by atoms with Gasteiger partial charge in [-0.1, -0.05) is 6.08 Å². The van der Waals surface area contributed by atoms with Gasteiger partial charge in [-0.3, -0.25) is 9.10 Å². The van der Waals surface area contributed by atoms with Crippen molar-refractivity contribution in [2.24, 2.45) is 0 Å². The first-order valence-corrected chi connectivity index (χ1v) is 9.11. The fourth-order valence-corrected chi connectivity index (χ4v) is 3.48. The Hall–Kier alpha value is -2.15. The number of rotatable bonds is 5. The van der Waals surface area contributed by atoms with Crippen molar-refractivity contribution in [1.29, 1.82) is 0 Å². The van der Waals surface area contributed by atoms with E-state index in [9.17, 15) is 18.0 Å². The number of ketones is 1. The van der Waals surface area contributed by atoms with Crippen LogP contribution in [0.2, 0.25) is 0 Å². The normalized spacial score (nSPS) is 14.6. The number of anilines is 1. The van der Waals surface area contributed by atoms with Crippen LogP contribution in [0.1, 0.15) is 29.3 Å². The molecule has 1 aromatic rings. The van der Waals surface area contributed by atoms with Gasteiger partial charge >= 0.3 is 5.97 Å². The number of nitrogens with zero attached hydrogens (tertiary/aromatic N) is 1. The predicted octanol–water partition coefficient (Wildman–Crippen LogP) is 1.70. The maximum atomic E-state index is 12.1. The van der Waals surface area contributed by atoms with Crippen LogP contribution in [-0.4, -0.2) is 39.6 Å². The van der Waals surface area contributed by atoms with Crippen LogP contribution in [-0.2, 0) is 26.0 Å². The molecule has 0 saturated heterocycles. The highest BCUT2D eigenvalue weighted by Gasteiger charge is 2.24. The molecule has 1 aliphatic rings. The number of allylic oxidation sites excluding steroid dienone is 1. The number of Topliss-reactive ketones (excluding diaryl/α,β-unsaturated/α-hetero) is 1. The van der Waals surface area contributed by atoms with Crippen molar-refractivity contribution in [3.05, 3.63) is 41.5 Å². The summed E-state index contributed by atoms with van der Waals surface area (Å²) in [5.41, 5.74) is 1.83. The van der Waals surface area contributed by atoms with Gasteiger partial charge in [0.2, 0.25) is 10.0 Å². The lowest BCUT2D eigenvalue weighted by Gasteiger charge is -2.29. The van der Waals surface area contributed by atoms with Gasteiger partial charge in [0.25, 0.3) is 0 Å². The summed E-state index contributed by atoms with van der Waals surface area (Å²) in [6.45, 7) is 1.79. The number of carbonyl (C=O) groups excluding carboxylic acids is 2. The molecule has 124 valence electrons. The van der Waals surface area contributed by atoms with Crippen molar-refractivity contribution < 1.29 is 22.7 Å². The number of ether oxygens (including phenoxy) is 1. The average Bonchev–Trinajstić information content (AvgIpc) is 2.50. The lowest BCUT2D eigenvalue weighted by atomic mass is 9.99. The first-order chi connectivity index (χ1) is 10.8. The molecule has 0 radical (unpaired) electrons. The molecule has 0 spiro atoms. The summed E-state index contributed by atoms with van der Waals surface area (Å²) in [6.07, 6.45) is 5.35. The summed E-state index contributed by atoms with van der Waals surface area (Å²) in [7, 11) is -3.33. The Kier molecular flexibility index (Phi) is 5.20. The molecule has 0 bridgehead atoms. The SMILES string of the molecule is C/C=C/C(=O)OCC(=O)c1ccc2c(c1)CCCN2S(C)(=O)=O. The van der Waals surface area contributed by atoms with Gasteiger partial charge in [0.15, 0.2) is 12.4 Å². The molecule has 0 atom stereocenters. The zero-order valence-electron chi connectivity index (χ0n) is 13.1. The van der Waals surface area contributed by atoms with Crippen LogP contribution in [0.25, 0.3) is 0 Å². The fraction of sp³-hybridized carbons (Fsp3) is 0.375. The van der Waals surface area contributed by atoms with Gasteiger partial charge in [0.1, 0.15) is 0 Å². The van der Waals surface area contributed by atoms with E-state index < -0.39 is 16.0 Å². The van der Waals surface area contributed by atoms with Crippen molar-refractivity contribution in [3.8, 4) is 0 Å². The molecule has 0 saturated carbocycles. The van der Waals surface area contributed by atoms with Gasteiger partial charge in [-0.15, -0.1) is 0 Å². The van der Waals surface area contributed by atoms with E-state index in [2.05, 4.69) is 0 Å². The first-order valence-electron chi connectivity index (χ1n) is 7.26. The number of esters is 1. The summed E-state index contributed by atoms with van der Waals surface area (Å²) in [4.78, 5) is 23.3. The van der Waals surface area contributed by atoms with Crippen LogP contribution in [0.4, 0.5) is 5.69 Å². The average molecular weight is 337 g/mol. The summed E-state index contributed by atoms with van der Waals surface area (Å²) in [5.74, 6) is -0.885. The third-order valence-corrected chi connectivity index (χ3v) is 4.71. The van der Waals surface area contributed by atoms with Gasteiger partial charge < -0.3 is 4.74 Å². The van der Waals surface area contributed by atoms with Crippen molar-refractivity contribution in [3.63, 3.8) is 0 Å². The van der Waals surface area contributed by atoms with Crippen LogP contribution in [0.5, 0.6) is 0 Å². The Labute approximate surface area is 135 Å². The van der Waals surface area contributed by atoms with Gasteiger partial charge in [-0.05, 0) is 43.5 Å². The number of hydrogen-bond donors (Lipinski definition) is 0. The molecule has 0 aromatic heterocycles. The molecule has 1 heterocycles. The number of hydrogen-bond acceptors (Lipinski definition) is 5. The lowest BCUT2D eigenvalue weighted by Crippen LogP contribution is -2.34. The Bertz CT molecular complexity index is 752. The van der Waals surface area contributed by atoms with Crippen LogP contribution < -0.4 is 4.31 Å². The molecule has 0 unspecified atom stereocenters. The second kappa shape index (κ2) is 6.95.